The second kappa shape index (κ2) is 7.05. The topological polar surface area (TPSA) is 57.5 Å². The van der Waals surface area contributed by atoms with Gasteiger partial charge in [0.2, 0.25) is 0 Å². The first-order valence-electron chi connectivity index (χ1n) is 5.38. The molecule has 124 valence electrons. The summed E-state index contributed by atoms with van der Waals surface area (Å²) in [6.45, 7) is 0. The zero-order valence-corrected chi connectivity index (χ0v) is 10.1. The molecule has 3 nitrogen and oxygen atoms in total. The Morgan fingerprint density at radius 1 is 0.952 bits per heavy atom. The average Bonchev–Trinajstić information content (AvgIpc) is 2.23. The van der Waals surface area contributed by atoms with Crippen LogP contribution in [0.25, 0.3) is 0 Å². The highest BCUT2D eigenvalue weighted by Crippen LogP contribution is 2.38. The van der Waals surface area contributed by atoms with E-state index in [0.717, 1.165) is 0 Å². The van der Waals surface area contributed by atoms with Crippen LogP contribution >= 0.6 is 0 Å². The van der Waals surface area contributed by atoms with E-state index in [1.807, 2.05) is 0 Å². The first kappa shape index (κ1) is 19.6. The number of carboxylic acid groups (broad SMARTS) is 1. The van der Waals surface area contributed by atoms with Crippen LogP contribution in [0.15, 0.2) is 11.7 Å². The molecule has 0 fully saturated rings. The molecule has 21 heavy (non-hydrogen) atoms. The molecule has 2 N–H and O–H groups in total. The van der Waals surface area contributed by atoms with Crippen molar-refractivity contribution < 1.29 is 50.1 Å². The standard InChI is InChI=1S/C10H10F8O3/c11-7(12)6(8(20)21)4(9(13,14)15)2-1-3-5(19)10(16,17)18/h4-5,19H,1-3H2,(H,20,21). The van der Waals surface area contributed by atoms with Crippen LogP contribution in [0.3, 0.4) is 0 Å². The number of alkyl halides is 6. The van der Waals surface area contributed by atoms with Crippen LogP contribution in [-0.4, -0.2) is 34.6 Å². The largest absolute Gasteiger partial charge is 0.478 e. The Bertz CT molecular complexity index is 394. The Morgan fingerprint density at radius 2 is 1.43 bits per heavy atom. The molecule has 0 aromatic heterocycles. The van der Waals surface area contributed by atoms with Gasteiger partial charge in [-0.15, -0.1) is 0 Å². The number of hydrogen-bond donors (Lipinski definition) is 2. The molecule has 0 amide bonds. The second-order valence-corrected chi connectivity index (χ2v) is 4.06. The van der Waals surface area contributed by atoms with E-state index in [0.29, 0.717) is 0 Å². The van der Waals surface area contributed by atoms with Crippen LogP contribution in [0.2, 0.25) is 0 Å². The molecule has 0 spiro atoms. The predicted octanol–water partition coefficient (Wildman–Crippen LogP) is 3.49. The van der Waals surface area contributed by atoms with Gasteiger partial charge in [-0.3, -0.25) is 0 Å². The fourth-order valence-corrected chi connectivity index (χ4v) is 1.51. The van der Waals surface area contributed by atoms with Crippen molar-refractivity contribution in [1.29, 1.82) is 0 Å². The average molecular weight is 330 g/mol. The number of rotatable bonds is 6. The summed E-state index contributed by atoms with van der Waals surface area (Å²) >= 11 is 0. The molecule has 0 aliphatic carbocycles. The minimum Gasteiger partial charge on any atom is -0.478 e. The van der Waals surface area contributed by atoms with Crippen molar-refractivity contribution in [3.8, 4) is 0 Å². The summed E-state index contributed by atoms with van der Waals surface area (Å²) in [5.41, 5.74) is -2.20. The Kier molecular flexibility index (Phi) is 6.58. The number of carboxylic acids is 1. The summed E-state index contributed by atoms with van der Waals surface area (Å²) in [6, 6.07) is 0. The first-order valence-corrected chi connectivity index (χ1v) is 5.38. The van der Waals surface area contributed by atoms with Gasteiger partial charge in [-0.2, -0.15) is 35.1 Å². The third kappa shape index (κ3) is 6.27. The third-order valence-electron chi connectivity index (χ3n) is 2.53. The van der Waals surface area contributed by atoms with Crippen molar-refractivity contribution in [2.75, 3.05) is 0 Å². The fourth-order valence-electron chi connectivity index (χ4n) is 1.51. The SMILES string of the molecule is O=C(O)C(=C(F)F)C(CCCC(O)C(F)(F)F)C(F)(F)F. The summed E-state index contributed by atoms with van der Waals surface area (Å²) < 4.78 is 97.9. The zero-order valence-electron chi connectivity index (χ0n) is 10.1. The molecular weight excluding hydrogens is 320 g/mol. The minimum absolute atomic E-state index is 0.936. The fraction of sp³-hybridized carbons (Fsp3) is 0.700. The van der Waals surface area contributed by atoms with E-state index in [9.17, 15) is 39.9 Å². The van der Waals surface area contributed by atoms with Crippen LogP contribution < -0.4 is 0 Å². The monoisotopic (exact) mass is 330 g/mol. The van der Waals surface area contributed by atoms with Gasteiger partial charge in [0.25, 0.3) is 6.08 Å². The molecular formula is C10H10F8O3. The van der Waals surface area contributed by atoms with Crippen molar-refractivity contribution in [2.24, 2.45) is 5.92 Å². The van der Waals surface area contributed by atoms with Gasteiger partial charge in [0, 0.05) is 0 Å². The van der Waals surface area contributed by atoms with Crippen LogP contribution in [0.1, 0.15) is 19.3 Å². The summed E-state index contributed by atoms with van der Waals surface area (Å²) in [6.07, 6.45) is -19.8. The van der Waals surface area contributed by atoms with E-state index in [2.05, 4.69) is 0 Å². The maximum absolute atomic E-state index is 12.5. The van der Waals surface area contributed by atoms with Crippen molar-refractivity contribution in [3.05, 3.63) is 11.7 Å². The van der Waals surface area contributed by atoms with Crippen molar-refractivity contribution in [1.82, 2.24) is 0 Å². The van der Waals surface area contributed by atoms with Crippen LogP contribution in [-0.2, 0) is 4.79 Å². The van der Waals surface area contributed by atoms with Gasteiger partial charge in [-0.05, 0) is 19.3 Å². The van der Waals surface area contributed by atoms with E-state index in [-0.39, 0.29) is 0 Å². The molecule has 0 saturated heterocycles. The summed E-state index contributed by atoms with van der Waals surface area (Å²) in [7, 11) is 0. The summed E-state index contributed by atoms with van der Waals surface area (Å²) in [5, 5.41) is 16.9. The molecule has 0 aliphatic heterocycles. The molecule has 0 radical (unpaired) electrons. The molecule has 0 aromatic carbocycles. The van der Waals surface area contributed by atoms with Gasteiger partial charge in [0.15, 0.2) is 0 Å². The van der Waals surface area contributed by atoms with Crippen molar-refractivity contribution in [3.63, 3.8) is 0 Å². The van der Waals surface area contributed by atoms with Gasteiger partial charge >= 0.3 is 18.3 Å². The number of hydrogen-bond acceptors (Lipinski definition) is 2. The van der Waals surface area contributed by atoms with Crippen LogP contribution in [0, 0.1) is 5.92 Å². The lowest BCUT2D eigenvalue weighted by Crippen LogP contribution is -2.31. The molecule has 0 heterocycles. The Hall–Kier alpha value is -1.39. The lowest BCUT2D eigenvalue weighted by molar-refractivity contribution is -0.206. The van der Waals surface area contributed by atoms with Gasteiger partial charge in [-0.1, -0.05) is 0 Å². The normalized spacial score (nSPS) is 15.5. The first-order chi connectivity index (χ1) is 9.28. The van der Waals surface area contributed by atoms with Gasteiger partial charge in [0.05, 0.1) is 5.92 Å². The highest BCUT2D eigenvalue weighted by Gasteiger charge is 2.46. The van der Waals surface area contributed by atoms with Crippen molar-refractivity contribution >= 4 is 5.97 Å². The zero-order chi connectivity index (χ0) is 17.0. The quantitative estimate of drug-likeness (QED) is 0.579. The molecule has 0 bridgehead atoms. The predicted molar refractivity (Wildman–Crippen MR) is 52.3 cm³/mol. The molecule has 0 aliphatic rings. The maximum Gasteiger partial charge on any atom is 0.414 e. The van der Waals surface area contributed by atoms with E-state index in [4.69, 9.17) is 10.2 Å². The number of aliphatic hydroxyl groups is 1. The minimum atomic E-state index is -5.36. The Balaban J connectivity index is 5.00. The number of aliphatic carboxylic acids is 1. The number of aliphatic hydroxyl groups excluding tert-OH is 1. The van der Waals surface area contributed by atoms with Gasteiger partial charge in [0.1, 0.15) is 11.7 Å². The smallest absolute Gasteiger partial charge is 0.414 e. The molecule has 0 aromatic rings. The molecule has 2 unspecified atom stereocenters. The second-order valence-electron chi connectivity index (χ2n) is 4.06. The van der Waals surface area contributed by atoms with E-state index in [1.54, 1.807) is 0 Å². The highest BCUT2D eigenvalue weighted by atomic mass is 19.4. The van der Waals surface area contributed by atoms with Crippen molar-refractivity contribution in [2.45, 2.75) is 37.7 Å². The summed E-state index contributed by atoms with van der Waals surface area (Å²) in [5.74, 6) is -5.62. The Morgan fingerprint density at radius 3 is 1.71 bits per heavy atom. The molecule has 0 rings (SSSR count). The van der Waals surface area contributed by atoms with Crippen LogP contribution in [0.5, 0.6) is 0 Å². The Labute approximate surface area is 112 Å². The van der Waals surface area contributed by atoms with Gasteiger partial charge in [-0.25, -0.2) is 4.79 Å². The van der Waals surface area contributed by atoms with Gasteiger partial charge < -0.3 is 10.2 Å². The maximum atomic E-state index is 12.5. The molecule has 2 atom stereocenters. The summed E-state index contributed by atoms with van der Waals surface area (Å²) in [4.78, 5) is 10.4. The highest BCUT2D eigenvalue weighted by molar-refractivity contribution is 5.87. The number of halogens is 8. The molecule has 11 heteroatoms. The van der Waals surface area contributed by atoms with E-state index in [1.165, 1.54) is 0 Å². The lowest BCUT2D eigenvalue weighted by Gasteiger charge is -2.21. The third-order valence-corrected chi connectivity index (χ3v) is 2.53. The van der Waals surface area contributed by atoms with E-state index < -0.39 is 61.3 Å². The molecule has 0 saturated carbocycles. The number of carbonyl (C=O) groups is 1. The lowest BCUT2D eigenvalue weighted by atomic mass is 9.92. The van der Waals surface area contributed by atoms with E-state index >= 15 is 0 Å². The van der Waals surface area contributed by atoms with Crippen LogP contribution in [0.4, 0.5) is 35.1 Å².